The fourth-order valence-electron chi connectivity index (χ4n) is 3.73. The first kappa shape index (κ1) is 19.7. The summed E-state index contributed by atoms with van der Waals surface area (Å²) in [5, 5.41) is 2.78. The molecule has 3 aromatic rings. The van der Waals surface area contributed by atoms with Gasteiger partial charge in [-0.25, -0.2) is 4.39 Å². The zero-order chi connectivity index (χ0) is 21.3. The number of nitrogens with one attached hydrogen (secondary N) is 2. The summed E-state index contributed by atoms with van der Waals surface area (Å²) < 4.78 is 13.0. The minimum Gasteiger partial charge on any atom is -0.326 e. The number of likely N-dealkylation sites (N-methyl/N-ethyl adjacent to an activating group) is 1. The first-order chi connectivity index (χ1) is 14.4. The molecule has 3 aromatic carbocycles. The zero-order valence-electron chi connectivity index (χ0n) is 16.4. The van der Waals surface area contributed by atoms with Crippen LogP contribution in [0.1, 0.15) is 37.4 Å². The summed E-state index contributed by atoms with van der Waals surface area (Å²) in [6.45, 7) is 0.700. The van der Waals surface area contributed by atoms with Gasteiger partial charge in [0.15, 0.2) is 18.1 Å². The van der Waals surface area contributed by atoms with E-state index < -0.39 is 0 Å². The Morgan fingerprint density at radius 3 is 2.20 bits per heavy atom. The van der Waals surface area contributed by atoms with Gasteiger partial charge in [-0.3, -0.25) is 14.4 Å². The van der Waals surface area contributed by atoms with Crippen molar-refractivity contribution in [2.75, 3.05) is 18.9 Å². The molecule has 0 saturated heterocycles. The molecule has 0 aromatic heterocycles. The van der Waals surface area contributed by atoms with Crippen LogP contribution in [0.4, 0.5) is 10.1 Å². The molecule has 30 heavy (non-hydrogen) atoms. The van der Waals surface area contributed by atoms with E-state index in [4.69, 9.17) is 0 Å². The SMILES string of the molecule is C[NH+](CC(=O)Nc1cccc2c1C(=O)c1ccccc1C2=O)Cc1ccc(F)cc1. The Morgan fingerprint density at radius 2 is 1.50 bits per heavy atom. The Kier molecular flexibility index (Phi) is 5.25. The van der Waals surface area contributed by atoms with Crippen molar-refractivity contribution < 1.29 is 23.7 Å². The van der Waals surface area contributed by atoms with Crippen molar-refractivity contribution in [3.8, 4) is 0 Å². The van der Waals surface area contributed by atoms with Crippen molar-refractivity contribution in [2.24, 2.45) is 0 Å². The lowest BCUT2D eigenvalue weighted by Gasteiger charge is -2.20. The Labute approximate surface area is 173 Å². The van der Waals surface area contributed by atoms with Gasteiger partial charge in [0.2, 0.25) is 0 Å². The van der Waals surface area contributed by atoms with Gasteiger partial charge in [0.05, 0.1) is 18.3 Å². The van der Waals surface area contributed by atoms with Crippen LogP contribution in [0.25, 0.3) is 0 Å². The predicted molar refractivity (Wildman–Crippen MR) is 110 cm³/mol. The molecule has 0 spiro atoms. The van der Waals surface area contributed by atoms with Gasteiger partial charge in [0, 0.05) is 22.3 Å². The van der Waals surface area contributed by atoms with Crippen LogP contribution < -0.4 is 10.2 Å². The van der Waals surface area contributed by atoms with Crippen molar-refractivity contribution in [1.82, 2.24) is 0 Å². The van der Waals surface area contributed by atoms with Crippen LogP contribution in [0, 0.1) is 5.82 Å². The van der Waals surface area contributed by atoms with Gasteiger partial charge in [0.25, 0.3) is 5.91 Å². The topological polar surface area (TPSA) is 67.7 Å². The second-order valence-electron chi connectivity index (χ2n) is 7.42. The average Bonchev–Trinajstić information content (AvgIpc) is 2.73. The van der Waals surface area contributed by atoms with Crippen molar-refractivity contribution in [2.45, 2.75) is 6.54 Å². The standard InChI is InChI=1S/C24H19FN2O3/c1-27(13-15-9-11-16(25)12-10-15)14-21(28)26-20-8-4-7-19-22(20)24(30)18-6-3-2-5-17(18)23(19)29/h2-12H,13-14H2,1H3,(H,26,28)/p+1. The summed E-state index contributed by atoms with van der Waals surface area (Å²) in [7, 11) is 1.86. The molecular formula is C24H20FN2O3+. The normalized spacial score (nSPS) is 13.4. The third-order valence-electron chi connectivity index (χ3n) is 5.11. The van der Waals surface area contributed by atoms with Gasteiger partial charge < -0.3 is 10.2 Å². The van der Waals surface area contributed by atoms with Crippen LogP contribution in [0.5, 0.6) is 0 Å². The van der Waals surface area contributed by atoms with Crippen LogP contribution in [-0.4, -0.2) is 31.1 Å². The number of fused-ring (bicyclic) bond motifs is 2. The number of ketones is 2. The highest BCUT2D eigenvalue weighted by molar-refractivity contribution is 6.30. The lowest BCUT2D eigenvalue weighted by molar-refractivity contribution is -0.885. The van der Waals surface area contributed by atoms with Crippen molar-refractivity contribution in [1.29, 1.82) is 0 Å². The Morgan fingerprint density at radius 1 is 0.867 bits per heavy atom. The third-order valence-corrected chi connectivity index (χ3v) is 5.11. The van der Waals surface area contributed by atoms with Crippen molar-refractivity contribution >= 4 is 23.2 Å². The quantitative estimate of drug-likeness (QED) is 0.537. The molecule has 1 unspecified atom stereocenters. The average molecular weight is 403 g/mol. The number of carbonyl (C=O) groups excluding carboxylic acids is 3. The molecule has 0 heterocycles. The molecule has 0 saturated carbocycles. The molecular weight excluding hydrogens is 383 g/mol. The van der Waals surface area contributed by atoms with Crippen LogP contribution in [0.15, 0.2) is 66.7 Å². The molecule has 0 aliphatic heterocycles. The smallest absolute Gasteiger partial charge is 0.279 e. The van der Waals surface area contributed by atoms with E-state index in [1.807, 2.05) is 7.05 Å². The second kappa shape index (κ2) is 8.00. The fraction of sp³-hybridized carbons (Fsp3) is 0.125. The van der Waals surface area contributed by atoms with Gasteiger partial charge in [-0.1, -0.05) is 48.5 Å². The highest BCUT2D eigenvalue weighted by atomic mass is 19.1. The molecule has 4 rings (SSSR count). The number of amides is 1. The van der Waals surface area contributed by atoms with Gasteiger partial charge in [-0.2, -0.15) is 0 Å². The van der Waals surface area contributed by atoms with Gasteiger partial charge in [0.1, 0.15) is 12.4 Å². The molecule has 5 nitrogen and oxygen atoms in total. The molecule has 1 aliphatic carbocycles. The van der Waals surface area contributed by atoms with E-state index in [1.54, 1.807) is 54.6 Å². The maximum absolute atomic E-state index is 13.0. The van der Waals surface area contributed by atoms with Gasteiger partial charge in [-0.15, -0.1) is 0 Å². The van der Waals surface area contributed by atoms with Gasteiger partial charge in [-0.05, 0) is 18.2 Å². The fourth-order valence-corrected chi connectivity index (χ4v) is 3.73. The van der Waals surface area contributed by atoms with E-state index in [-0.39, 0.29) is 35.4 Å². The zero-order valence-corrected chi connectivity index (χ0v) is 16.4. The maximum atomic E-state index is 13.0. The number of hydrogen-bond donors (Lipinski definition) is 2. The van der Waals surface area contributed by atoms with Crippen LogP contribution >= 0.6 is 0 Å². The van der Waals surface area contributed by atoms with E-state index in [2.05, 4.69) is 5.32 Å². The molecule has 0 bridgehead atoms. The predicted octanol–water partition coefficient (Wildman–Crippen LogP) is 2.25. The molecule has 0 fully saturated rings. The Hall–Kier alpha value is -3.64. The molecule has 150 valence electrons. The minimum absolute atomic E-state index is 0.153. The minimum atomic E-state index is -0.302. The summed E-state index contributed by atoms with van der Waals surface area (Å²) >= 11 is 0. The van der Waals surface area contributed by atoms with E-state index in [1.165, 1.54) is 12.1 Å². The molecule has 1 amide bonds. The highest BCUT2D eigenvalue weighted by Gasteiger charge is 2.31. The number of benzene rings is 3. The lowest BCUT2D eigenvalue weighted by atomic mass is 9.83. The first-order valence-corrected chi connectivity index (χ1v) is 9.61. The highest BCUT2D eigenvalue weighted by Crippen LogP contribution is 2.31. The molecule has 2 N–H and O–H groups in total. The summed E-state index contributed by atoms with van der Waals surface area (Å²) in [5.41, 5.74) is 2.49. The summed E-state index contributed by atoms with van der Waals surface area (Å²) in [6, 6.07) is 17.7. The largest absolute Gasteiger partial charge is 0.326 e. The first-order valence-electron chi connectivity index (χ1n) is 9.61. The molecule has 6 heteroatoms. The summed E-state index contributed by atoms with van der Waals surface area (Å²) in [6.07, 6.45) is 0. The molecule has 1 atom stereocenters. The molecule has 0 radical (unpaired) electrons. The Balaban J connectivity index is 1.52. The van der Waals surface area contributed by atoms with Crippen LogP contribution in [-0.2, 0) is 11.3 Å². The van der Waals surface area contributed by atoms with Crippen LogP contribution in [0.3, 0.4) is 0 Å². The molecule has 1 aliphatic rings. The number of halogens is 1. The number of anilines is 1. The maximum Gasteiger partial charge on any atom is 0.279 e. The van der Waals surface area contributed by atoms with Crippen molar-refractivity contribution in [3.05, 3.63) is 100 Å². The summed E-state index contributed by atoms with van der Waals surface area (Å²) in [5.74, 6) is -1.08. The lowest BCUT2D eigenvalue weighted by Crippen LogP contribution is -3.08. The number of hydrogen-bond acceptors (Lipinski definition) is 3. The van der Waals surface area contributed by atoms with Crippen molar-refractivity contribution in [3.63, 3.8) is 0 Å². The van der Waals surface area contributed by atoms with E-state index in [0.29, 0.717) is 28.9 Å². The number of carbonyl (C=O) groups is 3. The monoisotopic (exact) mass is 403 g/mol. The van der Waals surface area contributed by atoms with E-state index in [9.17, 15) is 18.8 Å². The van der Waals surface area contributed by atoms with E-state index >= 15 is 0 Å². The second-order valence-corrected chi connectivity index (χ2v) is 7.42. The van der Waals surface area contributed by atoms with Crippen LogP contribution in [0.2, 0.25) is 0 Å². The third kappa shape index (κ3) is 3.77. The Bertz CT molecular complexity index is 1160. The summed E-state index contributed by atoms with van der Waals surface area (Å²) in [4.78, 5) is 39.3. The number of quaternary nitrogens is 1. The van der Waals surface area contributed by atoms with Gasteiger partial charge >= 0.3 is 0 Å². The van der Waals surface area contributed by atoms with E-state index in [0.717, 1.165) is 10.5 Å². The number of rotatable bonds is 5.